The number of hydrogen-bond acceptors (Lipinski definition) is 8. The molecule has 1 aromatic rings. The monoisotopic (exact) mass is 692 g/mol. The Morgan fingerprint density at radius 2 is 1.49 bits per heavy atom. The molecule has 41 heavy (non-hydrogen) atoms. The Kier molecular flexibility index (Phi) is 20.4. The Morgan fingerprint density at radius 1 is 0.854 bits per heavy atom. The lowest BCUT2D eigenvalue weighted by molar-refractivity contribution is -0.129. The summed E-state index contributed by atoms with van der Waals surface area (Å²) in [4.78, 5) is 37.4. The zero-order valence-electron chi connectivity index (χ0n) is 24.8. The minimum Gasteiger partial charge on any atom is -0.444 e. The van der Waals surface area contributed by atoms with Crippen molar-refractivity contribution in [3.05, 3.63) is 33.4 Å². The molecule has 234 valence electrons. The lowest BCUT2D eigenvalue weighted by Gasteiger charge is -2.20. The van der Waals surface area contributed by atoms with Gasteiger partial charge in [0, 0.05) is 29.6 Å². The number of halogens is 1. The normalized spacial score (nSPS) is 12.0. The van der Waals surface area contributed by atoms with Crippen LogP contribution < -0.4 is 21.7 Å². The van der Waals surface area contributed by atoms with E-state index in [-0.39, 0.29) is 11.8 Å². The molecule has 0 fully saturated rings. The Balaban J connectivity index is 2.40. The second-order valence-corrected chi connectivity index (χ2v) is 11.7. The molecular formula is C29H49IN4O7. The van der Waals surface area contributed by atoms with Crippen LogP contribution in [0.2, 0.25) is 0 Å². The summed E-state index contributed by atoms with van der Waals surface area (Å²) in [6.07, 6.45) is 3.07. The maximum absolute atomic E-state index is 12.9. The summed E-state index contributed by atoms with van der Waals surface area (Å²) in [6.45, 7) is 9.27. The van der Waals surface area contributed by atoms with E-state index in [0.717, 1.165) is 6.42 Å². The lowest BCUT2D eigenvalue weighted by Crippen LogP contribution is -2.47. The van der Waals surface area contributed by atoms with Crippen LogP contribution in [0.5, 0.6) is 0 Å². The number of nitrogens with two attached hydrogens (primary N) is 1. The van der Waals surface area contributed by atoms with Crippen molar-refractivity contribution >= 4 is 40.5 Å². The summed E-state index contributed by atoms with van der Waals surface area (Å²) < 4.78 is 22.5. The molecule has 0 unspecified atom stereocenters. The van der Waals surface area contributed by atoms with E-state index in [1.54, 1.807) is 20.8 Å². The third-order valence-electron chi connectivity index (χ3n) is 5.57. The highest BCUT2D eigenvalue weighted by Crippen LogP contribution is 2.10. The molecule has 1 atom stereocenters. The summed E-state index contributed by atoms with van der Waals surface area (Å²) in [5.74, 6) is -0.417. The summed E-state index contributed by atoms with van der Waals surface area (Å²) in [7, 11) is 0. The predicted octanol–water partition coefficient (Wildman–Crippen LogP) is 2.92. The van der Waals surface area contributed by atoms with Crippen LogP contribution in [0.1, 0.15) is 58.4 Å². The van der Waals surface area contributed by atoms with Crippen molar-refractivity contribution in [1.29, 1.82) is 0 Å². The standard InChI is InChI=1S/C29H49IN4O7/c1-29(2,3)41-28(37)33-15-5-4-8-25(34-26(35)9-6-7-23-10-12-24(30)13-11-23)27(36)32-16-18-39-20-22-40-21-19-38-17-14-31/h10-13,25H,4-9,14-22,31H2,1-3H3,(H,32,36)(H,33,37)(H,34,35)/t25-/m0/s1. The lowest BCUT2D eigenvalue weighted by atomic mass is 10.1. The molecule has 0 aliphatic rings. The Bertz CT molecular complexity index is 866. The molecule has 0 saturated heterocycles. The first-order chi connectivity index (χ1) is 19.6. The second kappa shape index (κ2) is 22.6. The molecule has 0 radical (unpaired) electrons. The van der Waals surface area contributed by atoms with Crippen molar-refractivity contribution in [3.63, 3.8) is 0 Å². The van der Waals surface area contributed by atoms with Gasteiger partial charge in [0.25, 0.3) is 0 Å². The first kappa shape index (κ1) is 37.0. The number of rotatable bonds is 22. The van der Waals surface area contributed by atoms with Gasteiger partial charge in [0.1, 0.15) is 11.6 Å². The number of benzene rings is 1. The minimum atomic E-state index is -0.667. The average Bonchev–Trinajstić information content (AvgIpc) is 2.91. The van der Waals surface area contributed by atoms with E-state index < -0.39 is 17.7 Å². The van der Waals surface area contributed by atoms with Crippen molar-refractivity contribution in [3.8, 4) is 0 Å². The molecule has 0 aromatic heterocycles. The fraction of sp³-hybridized carbons (Fsp3) is 0.690. The molecule has 0 spiro atoms. The molecule has 1 aromatic carbocycles. The number of carbonyl (C=O) groups excluding carboxylic acids is 3. The van der Waals surface area contributed by atoms with Gasteiger partial charge < -0.3 is 40.6 Å². The molecule has 0 bridgehead atoms. The van der Waals surface area contributed by atoms with Crippen LogP contribution >= 0.6 is 22.6 Å². The first-order valence-corrected chi connectivity index (χ1v) is 15.4. The van der Waals surface area contributed by atoms with Gasteiger partial charge in [0.2, 0.25) is 11.8 Å². The molecule has 0 saturated carbocycles. The van der Waals surface area contributed by atoms with Crippen LogP contribution in [-0.2, 0) is 35.0 Å². The summed E-state index contributed by atoms with van der Waals surface area (Å²) in [5.41, 5.74) is 5.97. The van der Waals surface area contributed by atoms with E-state index in [0.29, 0.717) is 91.4 Å². The quantitative estimate of drug-likeness (QED) is 0.107. The molecule has 0 aliphatic carbocycles. The van der Waals surface area contributed by atoms with Gasteiger partial charge in [0.05, 0.1) is 39.6 Å². The predicted molar refractivity (Wildman–Crippen MR) is 167 cm³/mol. The van der Waals surface area contributed by atoms with Gasteiger partial charge in [0.15, 0.2) is 0 Å². The Morgan fingerprint density at radius 3 is 2.12 bits per heavy atom. The summed E-state index contributed by atoms with van der Waals surface area (Å²) >= 11 is 2.26. The van der Waals surface area contributed by atoms with E-state index in [9.17, 15) is 14.4 Å². The van der Waals surface area contributed by atoms with Gasteiger partial charge in [-0.2, -0.15) is 0 Å². The molecule has 0 aliphatic heterocycles. The molecule has 5 N–H and O–H groups in total. The first-order valence-electron chi connectivity index (χ1n) is 14.3. The number of hydrogen-bond donors (Lipinski definition) is 4. The minimum absolute atomic E-state index is 0.161. The van der Waals surface area contributed by atoms with Crippen molar-refractivity contribution in [2.75, 3.05) is 59.3 Å². The number of aryl methyl sites for hydroxylation is 1. The van der Waals surface area contributed by atoms with Gasteiger partial charge >= 0.3 is 6.09 Å². The van der Waals surface area contributed by atoms with Crippen LogP contribution in [0.15, 0.2) is 24.3 Å². The number of nitrogens with one attached hydrogen (secondary N) is 3. The molecule has 1 rings (SSSR count). The van der Waals surface area contributed by atoms with E-state index in [2.05, 4.69) is 50.7 Å². The van der Waals surface area contributed by atoms with E-state index in [1.165, 1.54) is 9.13 Å². The van der Waals surface area contributed by atoms with E-state index in [1.807, 2.05) is 12.1 Å². The fourth-order valence-electron chi connectivity index (χ4n) is 3.61. The second-order valence-electron chi connectivity index (χ2n) is 10.4. The molecule has 12 heteroatoms. The van der Waals surface area contributed by atoms with Crippen LogP contribution in [0.4, 0.5) is 4.79 Å². The Hall–Kier alpha value is -2.00. The topological polar surface area (TPSA) is 150 Å². The Labute approximate surface area is 258 Å². The number of amides is 3. The third kappa shape index (κ3) is 21.4. The van der Waals surface area contributed by atoms with Crippen molar-refractivity contribution in [1.82, 2.24) is 16.0 Å². The van der Waals surface area contributed by atoms with Gasteiger partial charge in [-0.25, -0.2) is 4.79 Å². The van der Waals surface area contributed by atoms with E-state index in [4.69, 9.17) is 24.7 Å². The SMILES string of the molecule is CC(C)(C)OC(=O)NCCCC[C@H](NC(=O)CCCc1ccc(I)cc1)C(=O)NCCOCCOCCOCCN. The van der Waals surface area contributed by atoms with Gasteiger partial charge in [-0.05, 0) is 93.2 Å². The van der Waals surface area contributed by atoms with Crippen LogP contribution in [0.25, 0.3) is 0 Å². The smallest absolute Gasteiger partial charge is 0.407 e. The molecular weight excluding hydrogens is 643 g/mol. The van der Waals surface area contributed by atoms with Gasteiger partial charge in [-0.3, -0.25) is 9.59 Å². The number of unbranched alkanes of at least 4 members (excludes halogenated alkanes) is 1. The highest BCUT2D eigenvalue weighted by atomic mass is 127. The summed E-state index contributed by atoms with van der Waals surface area (Å²) in [5, 5.41) is 8.45. The van der Waals surface area contributed by atoms with Crippen LogP contribution in [0.3, 0.4) is 0 Å². The largest absolute Gasteiger partial charge is 0.444 e. The number of ether oxygens (including phenoxy) is 4. The summed E-state index contributed by atoms with van der Waals surface area (Å²) in [6, 6.07) is 7.55. The van der Waals surface area contributed by atoms with Crippen LogP contribution in [-0.4, -0.2) is 88.8 Å². The number of carbonyl (C=O) groups is 3. The zero-order valence-corrected chi connectivity index (χ0v) is 27.0. The van der Waals surface area contributed by atoms with Gasteiger partial charge in [-0.15, -0.1) is 0 Å². The van der Waals surface area contributed by atoms with Crippen molar-refractivity contribution < 1.29 is 33.3 Å². The molecule has 0 heterocycles. The third-order valence-corrected chi connectivity index (χ3v) is 6.29. The highest BCUT2D eigenvalue weighted by molar-refractivity contribution is 14.1. The molecule has 3 amide bonds. The van der Waals surface area contributed by atoms with E-state index >= 15 is 0 Å². The molecule has 11 nitrogen and oxygen atoms in total. The van der Waals surface area contributed by atoms with Gasteiger partial charge in [-0.1, -0.05) is 12.1 Å². The van der Waals surface area contributed by atoms with Crippen molar-refractivity contribution in [2.45, 2.75) is 70.9 Å². The zero-order chi connectivity index (χ0) is 30.3. The maximum Gasteiger partial charge on any atom is 0.407 e. The average molecular weight is 693 g/mol. The van der Waals surface area contributed by atoms with Crippen molar-refractivity contribution in [2.24, 2.45) is 5.73 Å². The highest BCUT2D eigenvalue weighted by Gasteiger charge is 2.20. The maximum atomic E-state index is 12.9. The number of alkyl carbamates (subject to hydrolysis) is 1. The fourth-order valence-corrected chi connectivity index (χ4v) is 3.97. The van der Waals surface area contributed by atoms with Crippen LogP contribution in [0, 0.1) is 3.57 Å².